The average molecular weight is 313 g/mol. The highest BCUT2D eigenvalue weighted by Crippen LogP contribution is 2.32. The molecule has 0 fully saturated rings. The Bertz CT molecular complexity index is 538. The van der Waals surface area contributed by atoms with E-state index in [0.717, 1.165) is 43.0 Å². The SMILES string of the molecule is CNC(NCc1ccccc1C(F)(F)F)C1=C(N)CCCC1. The van der Waals surface area contributed by atoms with Crippen molar-refractivity contribution < 1.29 is 13.2 Å². The molecule has 2 rings (SSSR count). The third-order valence-corrected chi connectivity index (χ3v) is 4.01. The summed E-state index contributed by atoms with van der Waals surface area (Å²) in [6.45, 7) is 0.137. The minimum absolute atomic E-state index is 0.137. The average Bonchev–Trinajstić information content (AvgIpc) is 2.49. The van der Waals surface area contributed by atoms with Crippen LogP contribution >= 0.6 is 0 Å². The summed E-state index contributed by atoms with van der Waals surface area (Å²) >= 11 is 0. The van der Waals surface area contributed by atoms with Gasteiger partial charge in [-0.25, -0.2) is 0 Å². The summed E-state index contributed by atoms with van der Waals surface area (Å²) in [6.07, 6.45) is -0.657. The second-order valence-electron chi connectivity index (χ2n) is 5.52. The monoisotopic (exact) mass is 313 g/mol. The Hall–Kier alpha value is -1.53. The Morgan fingerprint density at radius 1 is 1.18 bits per heavy atom. The van der Waals surface area contributed by atoms with Gasteiger partial charge in [0.05, 0.1) is 11.7 Å². The molecular weight excluding hydrogens is 291 g/mol. The van der Waals surface area contributed by atoms with Crippen LogP contribution in [0.4, 0.5) is 13.2 Å². The van der Waals surface area contributed by atoms with Gasteiger partial charge in [-0.3, -0.25) is 5.32 Å². The highest BCUT2D eigenvalue weighted by molar-refractivity contribution is 5.30. The van der Waals surface area contributed by atoms with E-state index in [1.807, 2.05) is 0 Å². The zero-order valence-corrected chi connectivity index (χ0v) is 12.6. The van der Waals surface area contributed by atoms with Crippen molar-refractivity contribution >= 4 is 0 Å². The van der Waals surface area contributed by atoms with Gasteiger partial charge in [0.2, 0.25) is 0 Å². The van der Waals surface area contributed by atoms with Crippen molar-refractivity contribution in [1.29, 1.82) is 0 Å². The minimum Gasteiger partial charge on any atom is -0.402 e. The van der Waals surface area contributed by atoms with Crippen LogP contribution < -0.4 is 16.4 Å². The van der Waals surface area contributed by atoms with Gasteiger partial charge in [-0.05, 0) is 49.9 Å². The van der Waals surface area contributed by atoms with Crippen molar-refractivity contribution in [2.24, 2.45) is 5.73 Å². The van der Waals surface area contributed by atoms with Crippen LogP contribution in [-0.2, 0) is 12.7 Å². The number of nitrogens with one attached hydrogen (secondary N) is 2. The summed E-state index contributed by atoms with van der Waals surface area (Å²) < 4.78 is 39.0. The van der Waals surface area contributed by atoms with E-state index in [1.165, 1.54) is 12.1 Å². The molecule has 6 heteroatoms. The second kappa shape index (κ2) is 7.15. The predicted molar refractivity (Wildman–Crippen MR) is 80.8 cm³/mol. The summed E-state index contributed by atoms with van der Waals surface area (Å²) in [5, 5.41) is 6.25. The first kappa shape index (κ1) is 16.8. The summed E-state index contributed by atoms with van der Waals surface area (Å²) in [5.41, 5.74) is 7.61. The molecule has 0 aliphatic heterocycles. The van der Waals surface area contributed by atoms with Crippen molar-refractivity contribution in [1.82, 2.24) is 10.6 Å². The number of likely N-dealkylation sites (N-methyl/N-ethyl adjacent to an activating group) is 1. The summed E-state index contributed by atoms with van der Waals surface area (Å²) in [7, 11) is 1.78. The van der Waals surface area contributed by atoms with Crippen LogP contribution in [-0.4, -0.2) is 13.2 Å². The van der Waals surface area contributed by atoms with E-state index in [-0.39, 0.29) is 18.3 Å². The fraction of sp³-hybridized carbons (Fsp3) is 0.500. The van der Waals surface area contributed by atoms with E-state index in [1.54, 1.807) is 13.1 Å². The van der Waals surface area contributed by atoms with Gasteiger partial charge < -0.3 is 11.1 Å². The zero-order valence-electron chi connectivity index (χ0n) is 12.6. The molecule has 1 aliphatic rings. The zero-order chi connectivity index (χ0) is 16.2. The molecule has 0 bridgehead atoms. The molecule has 0 aromatic heterocycles. The molecule has 0 spiro atoms. The standard InChI is InChI=1S/C16H22F3N3/c1-21-15(12-7-3-5-9-14(12)20)22-10-11-6-2-4-8-13(11)16(17,18)19/h2,4,6,8,15,21-22H,3,5,7,9-10,20H2,1H3. The highest BCUT2D eigenvalue weighted by atomic mass is 19.4. The first-order valence-electron chi connectivity index (χ1n) is 7.46. The number of allylic oxidation sites excluding steroid dienone is 1. The number of benzene rings is 1. The topological polar surface area (TPSA) is 50.1 Å². The quantitative estimate of drug-likeness (QED) is 0.732. The maximum Gasteiger partial charge on any atom is 0.416 e. The number of halogens is 3. The second-order valence-corrected chi connectivity index (χ2v) is 5.52. The maximum absolute atomic E-state index is 13.0. The fourth-order valence-electron chi connectivity index (χ4n) is 2.84. The molecule has 0 heterocycles. The van der Waals surface area contributed by atoms with Crippen molar-refractivity contribution in [3.63, 3.8) is 0 Å². The smallest absolute Gasteiger partial charge is 0.402 e. The maximum atomic E-state index is 13.0. The van der Waals surface area contributed by atoms with Gasteiger partial charge in [0.15, 0.2) is 0 Å². The van der Waals surface area contributed by atoms with E-state index in [9.17, 15) is 13.2 Å². The number of nitrogens with two attached hydrogens (primary N) is 1. The highest BCUT2D eigenvalue weighted by Gasteiger charge is 2.33. The summed E-state index contributed by atoms with van der Waals surface area (Å²) in [6, 6.07) is 5.64. The van der Waals surface area contributed by atoms with Gasteiger partial charge in [0, 0.05) is 12.2 Å². The van der Waals surface area contributed by atoms with E-state index >= 15 is 0 Å². The molecule has 0 amide bonds. The van der Waals surface area contributed by atoms with Crippen molar-refractivity contribution in [3.05, 3.63) is 46.7 Å². The Balaban J connectivity index is 2.12. The molecule has 1 aromatic rings. The molecule has 22 heavy (non-hydrogen) atoms. The fourth-order valence-corrected chi connectivity index (χ4v) is 2.84. The van der Waals surface area contributed by atoms with Crippen molar-refractivity contribution in [2.45, 2.75) is 44.6 Å². The van der Waals surface area contributed by atoms with E-state index in [2.05, 4.69) is 10.6 Å². The summed E-state index contributed by atoms with van der Waals surface area (Å²) in [5.74, 6) is 0. The molecule has 1 unspecified atom stereocenters. The normalized spacial score (nSPS) is 17.6. The molecule has 3 nitrogen and oxygen atoms in total. The molecule has 0 radical (unpaired) electrons. The van der Waals surface area contributed by atoms with Crippen molar-refractivity contribution in [2.75, 3.05) is 7.05 Å². The Morgan fingerprint density at radius 2 is 1.86 bits per heavy atom. The van der Waals surface area contributed by atoms with Crippen LogP contribution in [0.25, 0.3) is 0 Å². The lowest BCUT2D eigenvalue weighted by Gasteiger charge is -2.27. The van der Waals surface area contributed by atoms with Gasteiger partial charge in [0.1, 0.15) is 0 Å². The predicted octanol–water partition coefficient (Wildman–Crippen LogP) is 3.13. The van der Waals surface area contributed by atoms with Gasteiger partial charge in [0.25, 0.3) is 0 Å². The number of hydrogen-bond donors (Lipinski definition) is 3. The molecule has 0 saturated carbocycles. The first-order valence-corrected chi connectivity index (χ1v) is 7.46. The molecule has 1 aromatic carbocycles. The Morgan fingerprint density at radius 3 is 2.50 bits per heavy atom. The molecule has 122 valence electrons. The molecular formula is C16H22F3N3. The largest absolute Gasteiger partial charge is 0.416 e. The van der Waals surface area contributed by atoms with Gasteiger partial charge in [-0.1, -0.05) is 18.2 Å². The van der Waals surface area contributed by atoms with Crippen LogP contribution in [0.15, 0.2) is 35.5 Å². The minimum atomic E-state index is -4.34. The van der Waals surface area contributed by atoms with Crippen molar-refractivity contribution in [3.8, 4) is 0 Å². The molecule has 1 aliphatic carbocycles. The lowest BCUT2D eigenvalue weighted by atomic mass is 9.94. The lowest BCUT2D eigenvalue weighted by Crippen LogP contribution is -2.43. The lowest BCUT2D eigenvalue weighted by molar-refractivity contribution is -0.138. The van der Waals surface area contributed by atoms with Crippen LogP contribution in [0.1, 0.15) is 36.8 Å². The van der Waals surface area contributed by atoms with Gasteiger partial charge in [-0.2, -0.15) is 13.2 Å². The van der Waals surface area contributed by atoms with Crippen LogP contribution in [0.5, 0.6) is 0 Å². The summed E-state index contributed by atoms with van der Waals surface area (Å²) in [4.78, 5) is 0. The third-order valence-electron chi connectivity index (χ3n) is 4.01. The molecule has 0 saturated heterocycles. The number of hydrogen-bond acceptors (Lipinski definition) is 3. The van der Waals surface area contributed by atoms with Crippen LogP contribution in [0.2, 0.25) is 0 Å². The van der Waals surface area contributed by atoms with Gasteiger partial charge >= 0.3 is 6.18 Å². The van der Waals surface area contributed by atoms with Gasteiger partial charge in [-0.15, -0.1) is 0 Å². The number of alkyl halides is 3. The molecule has 1 atom stereocenters. The van der Waals surface area contributed by atoms with E-state index in [4.69, 9.17) is 5.73 Å². The third kappa shape index (κ3) is 4.01. The Labute approximate surface area is 128 Å². The Kier molecular flexibility index (Phi) is 5.47. The van der Waals surface area contributed by atoms with Crippen LogP contribution in [0.3, 0.4) is 0 Å². The van der Waals surface area contributed by atoms with E-state index < -0.39 is 11.7 Å². The van der Waals surface area contributed by atoms with E-state index in [0.29, 0.717) is 0 Å². The first-order chi connectivity index (χ1) is 10.4. The molecule has 4 N–H and O–H groups in total. The number of rotatable bonds is 5. The van der Waals surface area contributed by atoms with Crippen LogP contribution in [0, 0.1) is 0 Å².